The Kier molecular flexibility index (Phi) is 4.27. The molecule has 0 aromatic carbocycles. The largest absolute Gasteiger partial charge is 0.369 e. The third kappa shape index (κ3) is 3.27. The van der Waals surface area contributed by atoms with Crippen LogP contribution in [-0.4, -0.2) is 34.1 Å². The summed E-state index contributed by atoms with van der Waals surface area (Å²) in [6, 6.07) is 0.546. The molecule has 88 valence electrons. The van der Waals surface area contributed by atoms with Crippen LogP contribution in [0, 0.1) is 0 Å². The van der Waals surface area contributed by atoms with E-state index in [9.17, 15) is 0 Å². The van der Waals surface area contributed by atoms with Crippen molar-refractivity contribution >= 4 is 23.4 Å². The lowest BCUT2D eigenvalue weighted by molar-refractivity contribution is 0.682. The molecule has 0 saturated carbocycles. The molecule has 2 heterocycles. The first-order chi connectivity index (χ1) is 7.88. The third-order valence-corrected chi connectivity index (χ3v) is 3.72. The van der Waals surface area contributed by atoms with Gasteiger partial charge < -0.3 is 10.6 Å². The van der Waals surface area contributed by atoms with E-state index in [1.807, 2.05) is 11.8 Å². The van der Waals surface area contributed by atoms with Gasteiger partial charge in [-0.1, -0.05) is 0 Å². The molecule has 1 aromatic heterocycles. The zero-order valence-corrected chi connectivity index (χ0v) is 10.4. The molecule has 4 nitrogen and oxygen atoms in total. The van der Waals surface area contributed by atoms with Crippen LogP contribution < -0.4 is 10.6 Å². The monoisotopic (exact) mass is 238 g/mol. The van der Waals surface area contributed by atoms with E-state index in [2.05, 4.69) is 27.5 Å². The van der Waals surface area contributed by atoms with E-state index in [4.69, 9.17) is 0 Å². The van der Waals surface area contributed by atoms with Crippen molar-refractivity contribution in [3.8, 4) is 0 Å². The van der Waals surface area contributed by atoms with Crippen molar-refractivity contribution in [2.45, 2.75) is 25.8 Å². The van der Waals surface area contributed by atoms with Crippen LogP contribution in [0.1, 0.15) is 19.8 Å². The summed E-state index contributed by atoms with van der Waals surface area (Å²) < 4.78 is 0. The smallest absolute Gasteiger partial charge is 0.147 e. The van der Waals surface area contributed by atoms with Crippen LogP contribution in [0.15, 0.2) is 12.4 Å². The van der Waals surface area contributed by atoms with Crippen LogP contribution in [0.4, 0.5) is 11.6 Å². The van der Waals surface area contributed by atoms with Gasteiger partial charge in [0.1, 0.15) is 11.6 Å². The molecule has 5 heteroatoms. The second-order valence-electron chi connectivity index (χ2n) is 3.88. The van der Waals surface area contributed by atoms with Crippen LogP contribution in [0.3, 0.4) is 0 Å². The lowest BCUT2D eigenvalue weighted by Gasteiger charge is -2.22. The molecule has 2 N–H and O–H groups in total. The van der Waals surface area contributed by atoms with E-state index in [0.29, 0.717) is 6.04 Å². The number of hydrogen-bond donors (Lipinski definition) is 2. The SMILES string of the molecule is CCNc1cncc(NC2CCCSC2)n1. The van der Waals surface area contributed by atoms with E-state index < -0.39 is 0 Å². The van der Waals surface area contributed by atoms with Gasteiger partial charge in [-0.05, 0) is 25.5 Å². The Hall–Kier alpha value is -0.970. The molecule has 0 radical (unpaired) electrons. The highest BCUT2D eigenvalue weighted by Crippen LogP contribution is 2.20. The number of anilines is 2. The first-order valence-corrected chi connectivity index (χ1v) is 6.94. The zero-order chi connectivity index (χ0) is 11.2. The molecule has 0 amide bonds. The van der Waals surface area contributed by atoms with Gasteiger partial charge in [0.25, 0.3) is 0 Å². The highest BCUT2D eigenvalue weighted by Gasteiger charge is 2.13. The molecule has 0 spiro atoms. The molecule has 2 rings (SSSR count). The number of thioether (sulfide) groups is 1. The normalized spacial score (nSPS) is 20.4. The molecule has 1 aliphatic heterocycles. The maximum absolute atomic E-state index is 4.46. The van der Waals surface area contributed by atoms with Crippen molar-refractivity contribution in [1.82, 2.24) is 9.97 Å². The Labute approximate surface area is 101 Å². The van der Waals surface area contributed by atoms with Gasteiger partial charge in [0, 0.05) is 18.3 Å². The zero-order valence-electron chi connectivity index (χ0n) is 9.57. The lowest BCUT2D eigenvalue weighted by atomic mass is 10.2. The summed E-state index contributed by atoms with van der Waals surface area (Å²) in [5.41, 5.74) is 0. The number of nitrogens with zero attached hydrogens (tertiary/aromatic N) is 2. The van der Waals surface area contributed by atoms with Crippen LogP contribution in [-0.2, 0) is 0 Å². The number of hydrogen-bond acceptors (Lipinski definition) is 5. The fourth-order valence-corrected chi connectivity index (χ4v) is 2.84. The maximum Gasteiger partial charge on any atom is 0.147 e. The van der Waals surface area contributed by atoms with E-state index in [1.165, 1.54) is 24.3 Å². The minimum Gasteiger partial charge on any atom is -0.369 e. The molecule has 0 aliphatic carbocycles. The van der Waals surface area contributed by atoms with Crippen LogP contribution >= 0.6 is 11.8 Å². The Morgan fingerprint density at radius 1 is 1.44 bits per heavy atom. The predicted octanol–water partition coefficient (Wildman–Crippen LogP) is 2.22. The summed E-state index contributed by atoms with van der Waals surface area (Å²) in [7, 11) is 0. The highest BCUT2D eigenvalue weighted by molar-refractivity contribution is 7.99. The van der Waals surface area contributed by atoms with E-state index in [-0.39, 0.29) is 0 Å². The quantitative estimate of drug-likeness (QED) is 0.842. The van der Waals surface area contributed by atoms with Crippen molar-refractivity contribution in [2.75, 3.05) is 28.7 Å². The second-order valence-corrected chi connectivity index (χ2v) is 5.03. The van der Waals surface area contributed by atoms with E-state index in [0.717, 1.165) is 18.2 Å². The molecule has 1 fully saturated rings. The van der Waals surface area contributed by atoms with Crippen LogP contribution in [0.5, 0.6) is 0 Å². The first kappa shape index (κ1) is 11.5. The van der Waals surface area contributed by atoms with Crippen LogP contribution in [0.2, 0.25) is 0 Å². The van der Waals surface area contributed by atoms with Crippen molar-refractivity contribution in [1.29, 1.82) is 0 Å². The molecule has 1 saturated heterocycles. The van der Waals surface area contributed by atoms with Crippen molar-refractivity contribution in [3.05, 3.63) is 12.4 Å². The van der Waals surface area contributed by atoms with Gasteiger partial charge in [-0.2, -0.15) is 11.8 Å². The Morgan fingerprint density at radius 2 is 2.31 bits per heavy atom. The predicted molar refractivity (Wildman–Crippen MR) is 70.2 cm³/mol. The van der Waals surface area contributed by atoms with Gasteiger partial charge in [-0.15, -0.1) is 0 Å². The third-order valence-electron chi connectivity index (χ3n) is 2.50. The number of nitrogens with one attached hydrogen (secondary N) is 2. The number of aromatic nitrogens is 2. The van der Waals surface area contributed by atoms with Crippen molar-refractivity contribution in [3.63, 3.8) is 0 Å². The summed E-state index contributed by atoms with van der Waals surface area (Å²) in [5.74, 6) is 4.19. The highest BCUT2D eigenvalue weighted by atomic mass is 32.2. The molecule has 0 bridgehead atoms. The molecule has 1 aromatic rings. The van der Waals surface area contributed by atoms with Crippen molar-refractivity contribution < 1.29 is 0 Å². The van der Waals surface area contributed by atoms with Gasteiger partial charge in [-0.3, -0.25) is 4.98 Å². The molecule has 1 atom stereocenters. The Bertz CT molecular complexity index is 326. The number of rotatable bonds is 4. The van der Waals surface area contributed by atoms with Gasteiger partial charge in [-0.25, -0.2) is 4.98 Å². The molecule has 1 unspecified atom stereocenters. The van der Waals surface area contributed by atoms with Gasteiger partial charge in [0.2, 0.25) is 0 Å². The van der Waals surface area contributed by atoms with Crippen molar-refractivity contribution in [2.24, 2.45) is 0 Å². The van der Waals surface area contributed by atoms with Crippen LogP contribution in [0.25, 0.3) is 0 Å². The summed E-state index contributed by atoms with van der Waals surface area (Å²) in [4.78, 5) is 8.64. The molecular formula is C11H18N4S. The maximum atomic E-state index is 4.46. The summed E-state index contributed by atoms with van der Waals surface area (Å²) >= 11 is 2.01. The molecule has 1 aliphatic rings. The summed E-state index contributed by atoms with van der Waals surface area (Å²) in [6.45, 7) is 2.93. The summed E-state index contributed by atoms with van der Waals surface area (Å²) in [6.07, 6.45) is 6.08. The minimum absolute atomic E-state index is 0.546. The summed E-state index contributed by atoms with van der Waals surface area (Å²) in [5, 5.41) is 6.61. The first-order valence-electron chi connectivity index (χ1n) is 5.78. The average Bonchev–Trinajstić information content (AvgIpc) is 2.31. The minimum atomic E-state index is 0.546. The topological polar surface area (TPSA) is 49.8 Å². The molecular weight excluding hydrogens is 220 g/mol. The second kappa shape index (κ2) is 5.94. The lowest BCUT2D eigenvalue weighted by Crippen LogP contribution is -2.26. The van der Waals surface area contributed by atoms with E-state index in [1.54, 1.807) is 12.4 Å². The fourth-order valence-electron chi connectivity index (χ4n) is 1.77. The Morgan fingerprint density at radius 3 is 3.06 bits per heavy atom. The molecule has 16 heavy (non-hydrogen) atoms. The average molecular weight is 238 g/mol. The fraction of sp³-hybridized carbons (Fsp3) is 0.636. The van der Waals surface area contributed by atoms with E-state index >= 15 is 0 Å². The van der Waals surface area contributed by atoms with Gasteiger partial charge in [0.05, 0.1) is 12.4 Å². The Balaban J connectivity index is 1.94. The standard InChI is InChI=1S/C11H18N4S/c1-2-13-10-6-12-7-11(15-10)14-9-4-3-5-16-8-9/h6-7,9H,2-5,8H2,1H3,(H2,13,14,15). The van der Waals surface area contributed by atoms with Gasteiger partial charge in [0.15, 0.2) is 0 Å². The van der Waals surface area contributed by atoms with Gasteiger partial charge >= 0.3 is 0 Å².